The van der Waals surface area contributed by atoms with Crippen LogP contribution >= 0.6 is 11.3 Å². The average Bonchev–Trinajstić information content (AvgIpc) is 2.95. The highest BCUT2D eigenvalue weighted by Crippen LogP contribution is 2.15. The van der Waals surface area contributed by atoms with Gasteiger partial charge in [0.25, 0.3) is 0 Å². The van der Waals surface area contributed by atoms with Gasteiger partial charge in [0.1, 0.15) is 0 Å². The lowest BCUT2D eigenvalue weighted by Gasteiger charge is -2.08. The first kappa shape index (κ1) is 12.6. The molecule has 1 atom stereocenters. The molecular formula is C13H20N2OS. The fourth-order valence-electron chi connectivity index (χ4n) is 2.15. The summed E-state index contributed by atoms with van der Waals surface area (Å²) in [5.74, 6) is 0.881. The second-order valence-corrected chi connectivity index (χ2v) is 5.50. The summed E-state index contributed by atoms with van der Waals surface area (Å²) in [5, 5.41) is 10.5. The molecule has 17 heavy (non-hydrogen) atoms. The largest absolute Gasteiger partial charge is 0.352 e. The number of nitrogens with one attached hydrogen (secondary N) is 2. The van der Waals surface area contributed by atoms with Crippen molar-refractivity contribution in [1.29, 1.82) is 0 Å². The Balaban J connectivity index is 1.65. The van der Waals surface area contributed by atoms with Crippen LogP contribution in [0.15, 0.2) is 10.8 Å². The number of carbonyl (C=O) groups is 1. The third-order valence-corrected chi connectivity index (χ3v) is 4.29. The SMILES string of the molecule is Cc1cscc1CNC(=O)CCC1CCNC1. The summed E-state index contributed by atoms with van der Waals surface area (Å²) in [4.78, 5) is 11.7. The first-order valence-corrected chi connectivity index (χ1v) is 7.19. The van der Waals surface area contributed by atoms with E-state index in [0.29, 0.717) is 18.9 Å². The van der Waals surface area contributed by atoms with E-state index in [4.69, 9.17) is 0 Å². The number of amides is 1. The van der Waals surface area contributed by atoms with E-state index in [1.807, 2.05) is 0 Å². The van der Waals surface area contributed by atoms with Gasteiger partial charge in [-0.2, -0.15) is 11.3 Å². The third-order valence-electron chi connectivity index (χ3n) is 3.38. The molecule has 2 rings (SSSR count). The molecule has 0 aromatic carbocycles. The molecule has 1 aliphatic heterocycles. The molecule has 0 bridgehead atoms. The van der Waals surface area contributed by atoms with Crippen molar-refractivity contribution in [3.8, 4) is 0 Å². The van der Waals surface area contributed by atoms with Crippen LogP contribution in [0.4, 0.5) is 0 Å². The maximum Gasteiger partial charge on any atom is 0.220 e. The molecule has 0 saturated carbocycles. The number of carbonyl (C=O) groups excluding carboxylic acids is 1. The lowest BCUT2D eigenvalue weighted by Crippen LogP contribution is -2.23. The maximum atomic E-state index is 11.7. The summed E-state index contributed by atoms with van der Waals surface area (Å²) in [6.07, 6.45) is 2.90. The van der Waals surface area contributed by atoms with Crippen molar-refractivity contribution in [1.82, 2.24) is 10.6 Å². The van der Waals surface area contributed by atoms with Crippen LogP contribution in [-0.2, 0) is 11.3 Å². The van der Waals surface area contributed by atoms with Gasteiger partial charge in [0, 0.05) is 13.0 Å². The van der Waals surface area contributed by atoms with Crippen LogP contribution in [0.3, 0.4) is 0 Å². The van der Waals surface area contributed by atoms with Crippen molar-refractivity contribution in [3.05, 3.63) is 21.9 Å². The van der Waals surface area contributed by atoms with Gasteiger partial charge >= 0.3 is 0 Å². The molecule has 1 fully saturated rings. The molecule has 2 N–H and O–H groups in total. The Morgan fingerprint density at radius 2 is 2.47 bits per heavy atom. The molecular weight excluding hydrogens is 232 g/mol. The van der Waals surface area contributed by atoms with E-state index in [0.717, 1.165) is 19.5 Å². The third kappa shape index (κ3) is 3.82. The maximum absolute atomic E-state index is 11.7. The minimum atomic E-state index is 0.183. The summed E-state index contributed by atoms with van der Waals surface area (Å²) >= 11 is 1.69. The Hall–Kier alpha value is -0.870. The van der Waals surface area contributed by atoms with Crippen LogP contribution < -0.4 is 10.6 Å². The van der Waals surface area contributed by atoms with Crippen molar-refractivity contribution in [2.75, 3.05) is 13.1 Å². The highest BCUT2D eigenvalue weighted by Gasteiger charge is 2.15. The van der Waals surface area contributed by atoms with Gasteiger partial charge in [0.2, 0.25) is 5.91 Å². The van der Waals surface area contributed by atoms with Gasteiger partial charge < -0.3 is 10.6 Å². The van der Waals surface area contributed by atoms with Crippen molar-refractivity contribution >= 4 is 17.2 Å². The van der Waals surface area contributed by atoms with Gasteiger partial charge in [-0.1, -0.05) is 0 Å². The molecule has 0 radical (unpaired) electrons. The molecule has 4 heteroatoms. The topological polar surface area (TPSA) is 41.1 Å². The number of hydrogen-bond acceptors (Lipinski definition) is 3. The molecule has 1 aromatic heterocycles. The Kier molecular flexibility index (Phi) is 4.57. The number of hydrogen-bond donors (Lipinski definition) is 2. The molecule has 94 valence electrons. The Morgan fingerprint density at radius 1 is 1.59 bits per heavy atom. The zero-order valence-electron chi connectivity index (χ0n) is 10.3. The normalized spacial score (nSPS) is 19.5. The van der Waals surface area contributed by atoms with Gasteiger partial charge in [-0.05, 0) is 60.7 Å². The molecule has 0 aliphatic carbocycles. The van der Waals surface area contributed by atoms with E-state index >= 15 is 0 Å². The fourth-order valence-corrected chi connectivity index (χ4v) is 3.00. The van der Waals surface area contributed by atoms with E-state index in [2.05, 4.69) is 28.3 Å². The van der Waals surface area contributed by atoms with Crippen LogP contribution in [0, 0.1) is 12.8 Å². The van der Waals surface area contributed by atoms with Crippen LogP contribution in [0.25, 0.3) is 0 Å². The highest BCUT2D eigenvalue weighted by molar-refractivity contribution is 7.08. The van der Waals surface area contributed by atoms with Gasteiger partial charge in [-0.3, -0.25) is 4.79 Å². The molecule has 1 aliphatic rings. The van der Waals surface area contributed by atoms with Gasteiger partial charge in [0.15, 0.2) is 0 Å². The summed E-state index contributed by atoms with van der Waals surface area (Å²) in [6, 6.07) is 0. The first-order chi connectivity index (χ1) is 8.25. The van der Waals surface area contributed by atoms with E-state index in [9.17, 15) is 4.79 Å². The molecule has 1 aromatic rings. The minimum Gasteiger partial charge on any atom is -0.352 e. The minimum absolute atomic E-state index is 0.183. The van der Waals surface area contributed by atoms with Gasteiger partial charge in [0.05, 0.1) is 0 Å². The standard InChI is InChI=1S/C13H20N2OS/c1-10-8-17-9-12(10)7-15-13(16)3-2-11-4-5-14-6-11/h8-9,11,14H,2-7H2,1H3,(H,15,16). The Labute approximate surface area is 107 Å². The first-order valence-electron chi connectivity index (χ1n) is 6.25. The zero-order chi connectivity index (χ0) is 12.1. The van der Waals surface area contributed by atoms with Crippen LogP contribution in [-0.4, -0.2) is 19.0 Å². The van der Waals surface area contributed by atoms with E-state index in [1.165, 1.54) is 17.5 Å². The summed E-state index contributed by atoms with van der Waals surface area (Å²) in [7, 11) is 0. The summed E-state index contributed by atoms with van der Waals surface area (Å²) in [6.45, 7) is 4.95. The molecule has 1 amide bonds. The van der Waals surface area contributed by atoms with Crippen LogP contribution in [0.1, 0.15) is 30.4 Å². The monoisotopic (exact) mass is 252 g/mol. The number of thiophene rings is 1. The molecule has 0 spiro atoms. The van der Waals surface area contributed by atoms with Crippen LogP contribution in [0.5, 0.6) is 0 Å². The smallest absolute Gasteiger partial charge is 0.220 e. The Bertz CT molecular complexity index is 369. The van der Waals surface area contributed by atoms with Crippen molar-refractivity contribution in [2.45, 2.75) is 32.7 Å². The predicted molar refractivity (Wildman–Crippen MR) is 71.1 cm³/mol. The second kappa shape index (κ2) is 6.17. The zero-order valence-corrected chi connectivity index (χ0v) is 11.1. The van der Waals surface area contributed by atoms with Crippen molar-refractivity contribution < 1.29 is 4.79 Å². The second-order valence-electron chi connectivity index (χ2n) is 4.75. The van der Waals surface area contributed by atoms with E-state index in [1.54, 1.807) is 11.3 Å². The van der Waals surface area contributed by atoms with Gasteiger partial charge in [-0.15, -0.1) is 0 Å². The number of aryl methyl sites for hydroxylation is 1. The Morgan fingerprint density at radius 3 is 3.12 bits per heavy atom. The molecule has 3 nitrogen and oxygen atoms in total. The quantitative estimate of drug-likeness (QED) is 0.842. The molecule has 1 saturated heterocycles. The summed E-state index contributed by atoms with van der Waals surface area (Å²) in [5.41, 5.74) is 2.51. The molecule has 1 unspecified atom stereocenters. The lowest BCUT2D eigenvalue weighted by molar-refractivity contribution is -0.121. The van der Waals surface area contributed by atoms with Crippen LogP contribution in [0.2, 0.25) is 0 Å². The van der Waals surface area contributed by atoms with E-state index in [-0.39, 0.29) is 5.91 Å². The van der Waals surface area contributed by atoms with Crippen molar-refractivity contribution in [2.24, 2.45) is 5.92 Å². The lowest BCUT2D eigenvalue weighted by atomic mass is 10.0. The average molecular weight is 252 g/mol. The fraction of sp³-hybridized carbons (Fsp3) is 0.615. The molecule has 2 heterocycles. The van der Waals surface area contributed by atoms with Crippen molar-refractivity contribution in [3.63, 3.8) is 0 Å². The summed E-state index contributed by atoms with van der Waals surface area (Å²) < 4.78 is 0. The highest BCUT2D eigenvalue weighted by atomic mass is 32.1. The van der Waals surface area contributed by atoms with E-state index < -0.39 is 0 Å². The predicted octanol–water partition coefficient (Wildman–Crippen LogP) is 2.06. The number of rotatable bonds is 5. The van der Waals surface area contributed by atoms with Gasteiger partial charge in [-0.25, -0.2) is 0 Å².